The summed E-state index contributed by atoms with van der Waals surface area (Å²) in [4.78, 5) is 14.0. The van der Waals surface area contributed by atoms with E-state index in [9.17, 15) is 9.90 Å². The van der Waals surface area contributed by atoms with E-state index >= 15 is 0 Å². The molecule has 1 rings (SSSR count). The quantitative estimate of drug-likeness (QED) is 0.802. The second-order valence-corrected chi connectivity index (χ2v) is 5.75. The Morgan fingerprint density at radius 2 is 2.05 bits per heavy atom. The minimum absolute atomic E-state index is 0.0563. The van der Waals surface area contributed by atoms with Crippen LogP contribution >= 0.6 is 0 Å². The van der Waals surface area contributed by atoms with Crippen molar-refractivity contribution in [3.05, 3.63) is 29.8 Å². The first-order chi connectivity index (χ1) is 9.40. The van der Waals surface area contributed by atoms with E-state index < -0.39 is 0 Å². The number of hydrogen-bond donors (Lipinski definition) is 2. The second kappa shape index (κ2) is 7.90. The van der Waals surface area contributed by atoms with Crippen molar-refractivity contribution in [3.8, 4) is 5.75 Å². The molecule has 0 aliphatic rings. The lowest BCUT2D eigenvalue weighted by Crippen LogP contribution is -2.43. The van der Waals surface area contributed by atoms with Crippen molar-refractivity contribution in [3.63, 3.8) is 0 Å². The van der Waals surface area contributed by atoms with Crippen molar-refractivity contribution < 1.29 is 9.90 Å². The van der Waals surface area contributed by atoms with Crippen LogP contribution in [0.25, 0.3) is 0 Å². The van der Waals surface area contributed by atoms with Gasteiger partial charge in [0.25, 0.3) is 0 Å². The molecule has 1 amide bonds. The molecule has 0 fully saturated rings. The number of phenols is 1. The largest absolute Gasteiger partial charge is 0.508 e. The molecule has 0 saturated heterocycles. The Morgan fingerprint density at radius 3 is 2.60 bits per heavy atom. The van der Waals surface area contributed by atoms with Crippen LogP contribution in [0.15, 0.2) is 24.3 Å². The minimum Gasteiger partial charge on any atom is -0.508 e. The Hall–Kier alpha value is -1.55. The molecule has 2 N–H and O–H groups in total. The Balaban J connectivity index is 2.37. The smallest absolute Gasteiger partial charge is 0.220 e. The fraction of sp³-hybridized carbons (Fsp3) is 0.562. The summed E-state index contributed by atoms with van der Waals surface area (Å²) in [6, 6.07) is 7.39. The van der Waals surface area contributed by atoms with Gasteiger partial charge >= 0.3 is 0 Å². The Kier molecular flexibility index (Phi) is 6.52. The molecule has 0 bridgehead atoms. The van der Waals surface area contributed by atoms with Gasteiger partial charge in [0.15, 0.2) is 0 Å². The fourth-order valence-corrected chi connectivity index (χ4v) is 2.29. The van der Waals surface area contributed by atoms with Gasteiger partial charge in [-0.05, 0) is 44.1 Å². The molecule has 20 heavy (non-hydrogen) atoms. The topological polar surface area (TPSA) is 52.6 Å². The highest BCUT2D eigenvalue weighted by Crippen LogP contribution is 2.12. The number of benzene rings is 1. The predicted molar refractivity (Wildman–Crippen MR) is 81.8 cm³/mol. The van der Waals surface area contributed by atoms with Crippen LogP contribution in [0.1, 0.15) is 25.8 Å². The van der Waals surface area contributed by atoms with E-state index in [1.54, 1.807) is 18.2 Å². The Labute approximate surface area is 121 Å². The summed E-state index contributed by atoms with van der Waals surface area (Å²) in [6.45, 7) is 4.98. The normalized spacial score (nSPS) is 12.7. The van der Waals surface area contributed by atoms with E-state index in [1.807, 2.05) is 20.2 Å². The van der Waals surface area contributed by atoms with Crippen LogP contribution in [0.5, 0.6) is 5.75 Å². The highest BCUT2D eigenvalue weighted by Gasteiger charge is 2.16. The predicted octanol–water partition coefficient (Wildman–Crippen LogP) is 2.03. The average molecular weight is 278 g/mol. The zero-order valence-electron chi connectivity index (χ0n) is 12.9. The highest BCUT2D eigenvalue weighted by atomic mass is 16.3. The van der Waals surface area contributed by atoms with Crippen LogP contribution in [0.3, 0.4) is 0 Å². The first kappa shape index (κ1) is 16.5. The lowest BCUT2D eigenvalue weighted by Gasteiger charge is -2.28. The van der Waals surface area contributed by atoms with Gasteiger partial charge in [0, 0.05) is 19.0 Å². The van der Waals surface area contributed by atoms with Crippen molar-refractivity contribution >= 4 is 5.91 Å². The first-order valence-electron chi connectivity index (χ1n) is 7.11. The van der Waals surface area contributed by atoms with Crippen molar-refractivity contribution in [1.29, 1.82) is 0 Å². The van der Waals surface area contributed by atoms with Crippen molar-refractivity contribution in [2.24, 2.45) is 5.92 Å². The highest BCUT2D eigenvalue weighted by molar-refractivity contribution is 5.76. The monoisotopic (exact) mass is 278 g/mol. The van der Waals surface area contributed by atoms with E-state index in [0.29, 0.717) is 31.3 Å². The van der Waals surface area contributed by atoms with Crippen molar-refractivity contribution in [2.45, 2.75) is 32.7 Å². The summed E-state index contributed by atoms with van der Waals surface area (Å²) in [5.74, 6) is 0.799. The summed E-state index contributed by atoms with van der Waals surface area (Å²) >= 11 is 0. The molecule has 0 aromatic heterocycles. The summed E-state index contributed by atoms with van der Waals surface area (Å²) in [5, 5.41) is 12.4. The Bertz CT molecular complexity index is 422. The van der Waals surface area contributed by atoms with Gasteiger partial charge in [0.1, 0.15) is 5.75 Å². The van der Waals surface area contributed by atoms with Crippen LogP contribution in [0.4, 0.5) is 0 Å². The SMILES string of the molecule is CC(C)C(CNC(=O)CCc1cccc(O)c1)N(C)C. The first-order valence-corrected chi connectivity index (χ1v) is 7.11. The van der Waals surface area contributed by atoms with Gasteiger partial charge in [0.2, 0.25) is 5.91 Å². The molecule has 0 aliphatic carbocycles. The molecule has 0 spiro atoms. The van der Waals surface area contributed by atoms with Crippen molar-refractivity contribution in [2.75, 3.05) is 20.6 Å². The van der Waals surface area contributed by atoms with Gasteiger partial charge in [-0.3, -0.25) is 4.79 Å². The van der Waals surface area contributed by atoms with Gasteiger partial charge in [-0.1, -0.05) is 26.0 Å². The summed E-state index contributed by atoms with van der Waals surface area (Å²) in [6.07, 6.45) is 1.09. The average Bonchev–Trinajstić information content (AvgIpc) is 2.35. The molecule has 112 valence electrons. The molecule has 1 unspecified atom stereocenters. The maximum absolute atomic E-state index is 11.9. The van der Waals surface area contributed by atoms with Gasteiger partial charge < -0.3 is 15.3 Å². The van der Waals surface area contributed by atoms with E-state index in [-0.39, 0.29) is 11.7 Å². The standard InChI is InChI=1S/C16H26N2O2/c1-12(2)15(18(3)4)11-17-16(20)9-8-13-6-5-7-14(19)10-13/h5-7,10,12,15,19H,8-9,11H2,1-4H3,(H,17,20). The molecule has 1 atom stereocenters. The fourth-order valence-electron chi connectivity index (χ4n) is 2.29. The van der Waals surface area contributed by atoms with Gasteiger partial charge in [0.05, 0.1) is 0 Å². The second-order valence-electron chi connectivity index (χ2n) is 5.75. The van der Waals surface area contributed by atoms with Gasteiger partial charge in [-0.15, -0.1) is 0 Å². The number of amides is 1. The molecular weight excluding hydrogens is 252 g/mol. The number of aryl methyl sites for hydroxylation is 1. The third-order valence-corrected chi connectivity index (χ3v) is 3.49. The van der Waals surface area contributed by atoms with E-state index in [1.165, 1.54) is 0 Å². The Morgan fingerprint density at radius 1 is 1.35 bits per heavy atom. The molecule has 1 aromatic carbocycles. The van der Waals surface area contributed by atoms with E-state index in [2.05, 4.69) is 24.1 Å². The van der Waals surface area contributed by atoms with Crippen LogP contribution < -0.4 is 5.32 Å². The zero-order chi connectivity index (χ0) is 15.1. The summed E-state index contributed by atoms with van der Waals surface area (Å²) < 4.78 is 0. The number of carbonyl (C=O) groups excluding carboxylic acids is 1. The van der Waals surface area contributed by atoms with Gasteiger partial charge in [-0.25, -0.2) is 0 Å². The van der Waals surface area contributed by atoms with E-state index in [4.69, 9.17) is 0 Å². The zero-order valence-corrected chi connectivity index (χ0v) is 12.9. The molecule has 0 heterocycles. The van der Waals surface area contributed by atoms with Crippen LogP contribution in [-0.2, 0) is 11.2 Å². The van der Waals surface area contributed by atoms with E-state index in [0.717, 1.165) is 5.56 Å². The number of phenolic OH excluding ortho intramolecular Hbond substituents is 1. The van der Waals surface area contributed by atoms with Crippen LogP contribution in [-0.4, -0.2) is 42.6 Å². The van der Waals surface area contributed by atoms with Crippen LogP contribution in [0.2, 0.25) is 0 Å². The number of likely N-dealkylation sites (N-methyl/N-ethyl adjacent to an activating group) is 1. The number of nitrogens with one attached hydrogen (secondary N) is 1. The molecule has 4 nitrogen and oxygen atoms in total. The summed E-state index contributed by atoms with van der Waals surface area (Å²) in [7, 11) is 4.06. The third-order valence-electron chi connectivity index (χ3n) is 3.49. The molecule has 0 aliphatic heterocycles. The number of rotatable bonds is 7. The van der Waals surface area contributed by atoms with Gasteiger partial charge in [-0.2, -0.15) is 0 Å². The van der Waals surface area contributed by atoms with Crippen LogP contribution in [0, 0.1) is 5.92 Å². The molecular formula is C16H26N2O2. The third kappa shape index (κ3) is 5.61. The number of hydrogen-bond acceptors (Lipinski definition) is 3. The lowest BCUT2D eigenvalue weighted by atomic mass is 10.0. The molecule has 1 aromatic rings. The molecule has 0 radical (unpaired) electrons. The number of aromatic hydroxyl groups is 1. The molecule has 4 heteroatoms. The number of nitrogens with zero attached hydrogens (tertiary/aromatic N) is 1. The maximum atomic E-state index is 11.9. The summed E-state index contributed by atoms with van der Waals surface area (Å²) in [5.41, 5.74) is 0.980. The maximum Gasteiger partial charge on any atom is 0.220 e. The van der Waals surface area contributed by atoms with Crippen molar-refractivity contribution in [1.82, 2.24) is 10.2 Å². The molecule has 0 saturated carbocycles. The number of carbonyl (C=O) groups is 1. The minimum atomic E-state index is 0.0563. The lowest BCUT2D eigenvalue weighted by molar-refractivity contribution is -0.121.